The van der Waals surface area contributed by atoms with Crippen LogP contribution in [0.4, 0.5) is 5.69 Å². The summed E-state index contributed by atoms with van der Waals surface area (Å²) in [5.74, 6) is 0.230. The zero-order valence-electron chi connectivity index (χ0n) is 11.9. The quantitative estimate of drug-likeness (QED) is 0.609. The Morgan fingerprint density at radius 1 is 1.57 bits per heavy atom. The minimum atomic E-state index is -0.496. The maximum Gasteiger partial charge on any atom is 0.310 e. The molecule has 0 bridgehead atoms. The Kier molecular flexibility index (Phi) is 5.10. The normalized spacial score (nSPS) is 17.5. The number of hydrogen-bond donors (Lipinski definition) is 2. The average Bonchev–Trinajstić information content (AvgIpc) is 2.98. The molecule has 0 saturated carbocycles. The van der Waals surface area contributed by atoms with E-state index in [1.807, 2.05) is 6.92 Å². The summed E-state index contributed by atoms with van der Waals surface area (Å²) >= 11 is 0. The van der Waals surface area contributed by atoms with Crippen LogP contribution in [0.15, 0.2) is 18.2 Å². The van der Waals surface area contributed by atoms with Crippen molar-refractivity contribution in [2.24, 2.45) is 5.92 Å². The lowest BCUT2D eigenvalue weighted by Gasteiger charge is -2.12. The number of nitro groups is 1. The number of rotatable bonds is 6. The zero-order chi connectivity index (χ0) is 15.2. The van der Waals surface area contributed by atoms with Gasteiger partial charge in [-0.05, 0) is 26.0 Å². The largest absolute Gasteiger partial charge is 0.486 e. The lowest BCUT2D eigenvalue weighted by atomic mass is 10.1. The summed E-state index contributed by atoms with van der Waals surface area (Å²) in [5, 5.41) is 16.9. The first-order valence-electron chi connectivity index (χ1n) is 7.02. The van der Waals surface area contributed by atoms with E-state index in [2.05, 4.69) is 10.6 Å². The number of nitro benzene ring substituents is 1. The van der Waals surface area contributed by atoms with Gasteiger partial charge in [0.15, 0.2) is 5.75 Å². The minimum Gasteiger partial charge on any atom is -0.486 e. The smallest absolute Gasteiger partial charge is 0.310 e. The molecule has 1 fully saturated rings. The van der Waals surface area contributed by atoms with Gasteiger partial charge in [0.2, 0.25) is 0 Å². The Balaban J connectivity index is 2.15. The van der Waals surface area contributed by atoms with Crippen molar-refractivity contribution in [3.8, 4) is 5.75 Å². The van der Waals surface area contributed by atoms with Crippen LogP contribution in [0.25, 0.3) is 0 Å². The number of amides is 1. The van der Waals surface area contributed by atoms with Gasteiger partial charge in [0.1, 0.15) is 0 Å². The van der Waals surface area contributed by atoms with Crippen molar-refractivity contribution in [3.05, 3.63) is 33.9 Å². The topological polar surface area (TPSA) is 93.5 Å². The van der Waals surface area contributed by atoms with Crippen molar-refractivity contribution >= 4 is 11.6 Å². The van der Waals surface area contributed by atoms with Crippen molar-refractivity contribution < 1.29 is 14.5 Å². The van der Waals surface area contributed by atoms with E-state index in [1.54, 1.807) is 0 Å². The van der Waals surface area contributed by atoms with Crippen molar-refractivity contribution in [1.82, 2.24) is 10.6 Å². The molecule has 1 aromatic carbocycles. The molecule has 114 valence electrons. The Morgan fingerprint density at radius 3 is 3.00 bits per heavy atom. The van der Waals surface area contributed by atoms with Gasteiger partial charge in [-0.1, -0.05) is 0 Å². The van der Waals surface area contributed by atoms with Crippen LogP contribution in [-0.2, 0) is 0 Å². The van der Waals surface area contributed by atoms with E-state index in [9.17, 15) is 14.9 Å². The highest BCUT2D eigenvalue weighted by molar-refractivity contribution is 5.95. The van der Waals surface area contributed by atoms with E-state index < -0.39 is 4.92 Å². The number of nitrogens with zero attached hydrogens (tertiary/aromatic N) is 1. The van der Waals surface area contributed by atoms with E-state index in [0.29, 0.717) is 24.6 Å². The van der Waals surface area contributed by atoms with E-state index in [4.69, 9.17) is 4.74 Å². The molecule has 7 nitrogen and oxygen atoms in total. The molecular weight excluding hydrogens is 274 g/mol. The van der Waals surface area contributed by atoms with E-state index >= 15 is 0 Å². The SMILES string of the molecule is CCNC(=O)c1ccc([N+](=O)[O-])c(OCC2CCNC2)c1. The maximum absolute atomic E-state index is 11.8. The molecule has 2 rings (SSSR count). The standard InChI is InChI=1S/C14H19N3O4/c1-2-16-14(18)11-3-4-12(17(19)20)13(7-11)21-9-10-5-6-15-8-10/h3-4,7,10,15H,2,5-6,8-9H2,1H3,(H,16,18). The number of ether oxygens (including phenoxy) is 1. The number of carbonyl (C=O) groups excluding carboxylic acids is 1. The molecule has 1 aliphatic rings. The van der Waals surface area contributed by atoms with Gasteiger partial charge in [0, 0.05) is 36.7 Å². The summed E-state index contributed by atoms with van der Waals surface area (Å²) < 4.78 is 5.59. The molecule has 0 aliphatic carbocycles. The van der Waals surface area contributed by atoms with Gasteiger partial charge in [0.05, 0.1) is 11.5 Å². The van der Waals surface area contributed by atoms with Crippen molar-refractivity contribution in [3.63, 3.8) is 0 Å². The van der Waals surface area contributed by atoms with Gasteiger partial charge < -0.3 is 15.4 Å². The van der Waals surface area contributed by atoms with Crippen molar-refractivity contribution in [2.75, 3.05) is 26.2 Å². The van der Waals surface area contributed by atoms with Gasteiger partial charge in [-0.25, -0.2) is 0 Å². The third-order valence-electron chi connectivity index (χ3n) is 3.39. The first-order chi connectivity index (χ1) is 10.1. The molecule has 1 saturated heterocycles. The van der Waals surface area contributed by atoms with Crippen molar-refractivity contribution in [2.45, 2.75) is 13.3 Å². The summed E-state index contributed by atoms with van der Waals surface area (Å²) in [4.78, 5) is 22.3. The summed E-state index contributed by atoms with van der Waals surface area (Å²) in [7, 11) is 0. The Morgan fingerprint density at radius 2 is 2.38 bits per heavy atom. The molecule has 1 unspecified atom stereocenters. The van der Waals surface area contributed by atoms with Crippen LogP contribution in [0.2, 0.25) is 0 Å². The monoisotopic (exact) mass is 293 g/mol. The fraction of sp³-hybridized carbons (Fsp3) is 0.500. The molecule has 2 N–H and O–H groups in total. The van der Waals surface area contributed by atoms with E-state index in [1.165, 1.54) is 18.2 Å². The Hall–Kier alpha value is -2.15. The summed E-state index contributed by atoms with van der Waals surface area (Å²) in [6.45, 7) is 4.51. The number of hydrogen-bond acceptors (Lipinski definition) is 5. The van der Waals surface area contributed by atoms with Gasteiger partial charge in [-0.3, -0.25) is 14.9 Å². The summed E-state index contributed by atoms with van der Waals surface area (Å²) in [6, 6.07) is 4.19. The van der Waals surface area contributed by atoms with Crippen LogP contribution in [0, 0.1) is 16.0 Å². The lowest BCUT2D eigenvalue weighted by molar-refractivity contribution is -0.385. The van der Waals surface area contributed by atoms with Crippen molar-refractivity contribution in [1.29, 1.82) is 0 Å². The molecule has 21 heavy (non-hydrogen) atoms. The van der Waals surface area contributed by atoms with E-state index in [-0.39, 0.29) is 17.3 Å². The summed E-state index contributed by atoms with van der Waals surface area (Å²) in [5.41, 5.74) is 0.246. The third-order valence-corrected chi connectivity index (χ3v) is 3.39. The van der Waals surface area contributed by atoms with Gasteiger partial charge in [-0.15, -0.1) is 0 Å². The highest BCUT2D eigenvalue weighted by Crippen LogP contribution is 2.28. The Labute approximate surface area is 122 Å². The van der Waals surface area contributed by atoms with Crippen LogP contribution in [-0.4, -0.2) is 37.1 Å². The lowest BCUT2D eigenvalue weighted by Crippen LogP contribution is -2.22. The molecule has 0 spiro atoms. The highest BCUT2D eigenvalue weighted by atomic mass is 16.6. The minimum absolute atomic E-state index is 0.117. The van der Waals surface area contributed by atoms with Gasteiger partial charge in [-0.2, -0.15) is 0 Å². The predicted octanol–water partition coefficient (Wildman–Crippen LogP) is 1.33. The predicted molar refractivity (Wildman–Crippen MR) is 77.6 cm³/mol. The molecule has 7 heteroatoms. The Bertz CT molecular complexity index is 527. The third kappa shape index (κ3) is 3.91. The average molecular weight is 293 g/mol. The van der Waals surface area contributed by atoms with Crippen LogP contribution in [0.3, 0.4) is 0 Å². The number of carbonyl (C=O) groups is 1. The summed E-state index contributed by atoms with van der Waals surface area (Å²) in [6.07, 6.45) is 0.990. The molecule has 1 aliphatic heterocycles. The molecule has 1 atom stereocenters. The second-order valence-electron chi connectivity index (χ2n) is 4.97. The molecular formula is C14H19N3O4. The van der Waals surface area contributed by atoms with Crippen LogP contribution >= 0.6 is 0 Å². The molecule has 1 amide bonds. The number of nitrogens with one attached hydrogen (secondary N) is 2. The van der Waals surface area contributed by atoms with Crippen LogP contribution < -0.4 is 15.4 Å². The van der Waals surface area contributed by atoms with Gasteiger partial charge in [0.25, 0.3) is 5.91 Å². The van der Waals surface area contributed by atoms with E-state index in [0.717, 1.165) is 19.5 Å². The highest BCUT2D eigenvalue weighted by Gasteiger charge is 2.21. The fourth-order valence-electron chi connectivity index (χ4n) is 2.25. The van der Waals surface area contributed by atoms with Crippen LogP contribution in [0.1, 0.15) is 23.7 Å². The number of benzene rings is 1. The van der Waals surface area contributed by atoms with Gasteiger partial charge >= 0.3 is 5.69 Å². The fourth-order valence-corrected chi connectivity index (χ4v) is 2.25. The maximum atomic E-state index is 11.8. The second-order valence-corrected chi connectivity index (χ2v) is 4.97. The zero-order valence-corrected chi connectivity index (χ0v) is 11.9. The molecule has 1 aromatic rings. The molecule has 0 radical (unpaired) electrons. The second kappa shape index (κ2) is 7.03. The molecule has 0 aromatic heterocycles. The first kappa shape index (κ1) is 15.2. The van der Waals surface area contributed by atoms with Crippen LogP contribution in [0.5, 0.6) is 5.75 Å². The first-order valence-corrected chi connectivity index (χ1v) is 7.02. The molecule has 1 heterocycles.